The third-order valence-electron chi connectivity index (χ3n) is 15.8. The van der Waals surface area contributed by atoms with E-state index in [2.05, 4.69) is 39.7 Å². The number of aromatic nitrogens is 1. The largest absolute Gasteiger partial charge is 0.454 e. The maximum absolute atomic E-state index is 15.4. The highest BCUT2D eigenvalue weighted by atomic mass is 16.5. The molecule has 22 heteroatoms. The van der Waals surface area contributed by atoms with Gasteiger partial charge in [-0.3, -0.25) is 33.6 Å². The number of likely N-dealkylation sites (N-methyl/N-ethyl adjacent to an activating group) is 5. The van der Waals surface area contributed by atoms with Crippen LogP contribution in [0, 0.1) is 11.8 Å². The Bertz CT molecular complexity index is 2720. The van der Waals surface area contributed by atoms with E-state index < -0.39 is 102 Å². The molecule has 7 unspecified atom stereocenters. The molecule has 86 heavy (non-hydrogen) atoms. The second kappa shape index (κ2) is 34.7. The van der Waals surface area contributed by atoms with Gasteiger partial charge in [-0.1, -0.05) is 115 Å². The zero-order chi connectivity index (χ0) is 63.8. The van der Waals surface area contributed by atoms with E-state index in [1.54, 1.807) is 43.6 Å². The quantitative estimate of drug-likeness (QED) is 0.0568. The van der Waals surface area contributed by atoms with Gasteiger partial charge in [-0.15, -0.1) is 0 Å². The first-order valence-corrected chi connectivity index (χ1v) is 30.2. The normalized spacial score (nSPS) is 16.2. The van der Waals surface area contributed by atoms with Crippen LogP contribution in [0.2, 0.25) is 0 Å². The standard InChI is InChI=1S/C60H86N10O12.C4H10/c1-12-40(4)52(58(78)65(8)26-29-71)64-54(74)47-22-17-25-70(47)57(77)48(35-42-20-16-21-43(33-42)44-23-24-62-49(36-44)69-27-30-81-31-28-69)67(10)56(76)46(34-41-18-14-13-15-19-41)63-50(72)37-66(9)51(73)38-82-59(79)53(60(5,6)80)68(11)55(75)45(61-7)32-39(2)3;1-3-4-2/h13-16,18-21,23-24,29,33,36,39-40,45-48,52-53,61,80H,12,17,22,25-28,30-32,34-35,37-38H2,1-11H3,(H,63,72)(H,64,74);3-4H2,1-2H3. The number of nitrogens with zero attached hydrogens (tertiary/aromatic N) is 7. The number of unbranched alkanes of at least 4 members (excludes halogenated alkanes) is 1. The van der Waals surface area contributed by atoms with Gasteiger partial charge in [0.05, 0.1) is 37.9 Å². The number of carbonyl (C=O) groups excluding carboxylic acids is 9. The molecule has 4 N–H and O–H groups in total. The fourth-order valence-electron chi connectivity index (χ4n) is 10.3. The summed E-state index contributed by atoms with van der Waals surface area (Å²) in [5.74, 6) is -4.61. The van der Waals surface area contributed by atoms with Gasteiger partial charge >= 0.3 is 5.97 Å². The summed E-state index contributed by atoms with van der Waals surface area (Å²) in [4.78, 5) is 137. The van der Waals surface area contributed by atoms with E-state index in [0.29, 0.717) is 63.0 Å². The van der Waals surface area contributed by atoms with Crippen molar-refractivity contribution in [2.75, 3.05) is 92.7 Å². The molecule has 5 rings (SSSR count). The van der Waals surface area contributed by atoms with Gasteiger partial charge in [-0.05, 0) is 86.4 Å². The molecule has 3 aromatic rings. The number of rotatable bonds is 29. The van der Waals surface area contributed by atoms with Gasteiger partial charge < -0.3 is 64.7 Å². The number of anilines is 1. The molecule has 2 saturated heterocycles. The second-order valence-corrected chi connectivity index (χ2v) is 23.5. The van der Waals surface area contributed by atoms with Gasteiger partial charge in [0.1, 0.15) is 36.3 Å². The van der Waals surface area contributed by atoms with Crippen molar-refractivity contribution < 1.29 is 57.7 Å². The van der Waals surface area contributed by atoms with Gasteiger partial charge in [0.25, 0.3) is 5.91 Å². The van der Waals surface area contributed by atoms with Crippen molar-refractivity contribution in [2.24, 2.45) is 11.8 Å². The maximum atomic E-state index is 15.4. The van der Waals surface area contributed by atoms with Crippen molar-refractivity contribution >= 4 is 59.4 Å². The number of hydrogen-bond donors (Lipinski definition) is 4. The number of benzene rings is 2. The number of likely N-dealkylation sites (tertiary alicyclic amines) is 1. The van der Waals surface area contributed by atoms with Crippen molar-refractivity contribution in [3.63, 3.8) is 0 Å². The third kappa shape index (κ3) is 20.7. The molecule has 2 aliphatic heterocycles. The van der Waals surface area contributed by atoms with Crippen molar-refractivity contribution in [1.29, 1.82) is 0 Å². The molecule has 2 aliphatic rings. The molecule has 0 saturated carbocycles. The number of hydrogen-bond acceptors (Lipinski definition) is 15. The summed E-state index contributed by atoms with van der Waals surface area (Å²) in [6, 6.07) is 13.7. The Morgan fingerprint density at radius 3 is 2.03 bits per heavy atom. The topological polar surface area (TPSA) is 261 Å². The molecule has 0 bridgehead atoms. The molecule has 474 valence electrons. The SMILES string of the molecule is CCC(C)C(NC(=O)C1CCCN1C(=O)C(Cc1cccc(-c2ccnc(N3CCOCC3)c2)c1)N(C)C(=O)C(Cc1ccccc1)NC(=O)CN(C)C(=O)COC(=O)C(N(C)C(=O)C(CC(C)C)NC)C(C)(C)O)C(=O)N(C)CC=O.CCCC. The second-order valence-electron chi connectivity index (χ2n) is 23.5. The molecule has 0 radical (unpaired) electrons. The Balaban J connectivity index is 0.00000383. The van der Waals surface area contributed by atoms with Gasteiger partial charge in [0, 0.05) is 66.9 Å². The summed E-state index contributed by atoms with van der Waals surface area (Å²) in [6.07, 6.45) is 6.66. The van der Waals surface area contributed by atoms with Crippen molar-refractivity contribution in [1.82, 2.24) is 45.4 Å². The molecular formula is C64H96N10O12. The summed E-state index contributed by atoms with van der Waals surface area (Å²) >= 11 is 0. The zero-order valence-electron chi connectivity index (χ0n) is 53.0. The summed E-state index contributed by atoms with van der Waals surface area (Å²) in [5.41, 5.74) is 1.28. The van der Waals surface area contributed by atoms with Crippen molar-refractivity contribution in [2.45, 2.75) is 149 Å². The van der Waals surface area contributed by atoms with Crippen molar-refractivity contribution in [3.05, 3.63) is 84.1 Å². The number of amides is 7. The first-order chi connectivity index (χ1) is 40.8. The van der Waals surface area contributed by atoms with Crippen LogP contribution in [0.4, 0.5) is 5.82 Å². The van der Waals surface area contributed by atoms with E-state index in [9.17, 15) is 38.7 Å². The van der Waals surface area contributed by atoms with Crippen LogP contribution in [0.25, 0.3) is 11.1 Å². The molecular weight excluding hydrogens is 1100 g/mol. The lowest BCUT2D eigenvalue weighted by molar-refractivity contribution is -0.167. The number of carbonyl (C=O) groups is 9. The molecule has 1 aromatic heterocycles. The van der Waals surface area contributed by atoms with Crippen LogP contribution in [-0.4, -0.2) is 218 Å². The minimum Gasteiger partial charge on any atom is -0.454 e. The molecule has 7 atom stereocenters. The highest BCUT2D eigenvalue weighted by Crippen LogP contribution is 2.28. The minimum absolute atomic E-state index is 0.0140. The van der Waals surface area contributed by atoms with Crippen molar-refractivity contribution in [3.8, 4) is 11.1 Å². The van der Waals surface area contributed by atoms with Crippen LogP contribution < -0.4 is 20.9 Å². The van der Waals surface area contributed by atoms with E-state index in [1.807, 2.05) is 64.1 Å². The predicted octanol–water partition coefficient (Wildman–Crippen LogP) is 3.90. The lowest BCUT2D eigenvalue weighted by atomic mass is 9.95. The lowest BCUT2D eigenvalue weighted by Crippen LogP contribution is -2.60. The summed E-state index contributed by atoms with van der Waals surface area (Å²) in [7, 11) is 7.26. The predicted molar refractivity (Wildman–Crippen MR) is 329 cm³/mol. The van der Waals surface area contributed by atoms with Gasteiger partial charge in [0.15, 0.2) is 12.6 Å². The first kappa shape index (κ1) is 71.2. The average molecular weight is 1200 g/mol. The Labute approximate surface area is 509 Å². The highest BCUT2D eigenvalue weighted by Gasteiger charge is 2.44. The number of pyridine rings is 1. The van der Waals surface area contributed by atoms with Crippen LogP contribution in [0.3, 0.4) is 0 Å². The van der Waals surface area contributed by atoms with Gasteiger partial charge in [-0.2, -0.15) is 0 Å². The minimum atomic E-state index is -1.78. The molecule has 7 amide bonds. The first-order valence-electron chi connectivity index (χ1n) is 30.2. The van der Waals surface area contributed by atoms with Gasteiger partial charge in [-0.25, -0.2) is 9.78 Å². The van der Waals surface area contributed by atoms with Crippen LogP contribution >= 0.6 is 0 Å². The number of esters is 1. The lowest BCUT2D eigenvalue weighted by Gasteiger charge is -2.36. The summed E-state index contributed by atoms with van der Waals surface area (Å²) in [6.45, 7) is 15.8. The Morgan fingerprint density at radius 1 is 0.791 bits per heavy atom. The Hall–Kier alpha value is -7.30. The third-order valence-corrected chi connectivity index (χ3v) is 15.8. The Kier molecular flexibility index (Phi) is 28.8. The monoisotopic (exact) mass is 1200 g/mol. The molecule has 0 aliphatic carbocycles. The number of morpholine rings is 1. The van der Waals surface area contributed by atoms with Crippen LogP contribution in [0.1, 0.15) is 105 Å². The maximum Gasteiger partial charge on any atom is 0.332 e. The van der Waals surface area contributed by atoms with E-state index in [-0.39, 0.29) is 44.2 Å². The Morgan fingerprint density at radius 2 is 1.43 bits per heavy atom. The van der Waals surface area contributed by atoms with E-state index >= 15 is 9.59 Å². The average Bonchev–Trinajstić information content (AvgIpc) is 2.06. The number of ether oxygens (including phenoxy) is 2. The summed E-state index contributed by atoms with van der Waals surface area (Å²) in [5, 5.41) is 19.7. The number of aldehydes is 1. The van der Waals surface area contributed by atoms with Crippen LogP contribution in [0.15, 0.2) is 72.9 Å². The number of nitrogens with one attached hydrogen (secondary N) is 3. The summed E-state index contributed by atoms with van der Waals surface area (Å²) < 4.78 is 10.9. The smallest absolute Gasteiger partial charge is 0.332 e. The van der Waals surface area contributed by atoms with E-state index in [4.69, 9.17) is 9.47 Å². The fraction of sp³-hybridized carbons (Fsp3) is 0.594. The van der Waals surface area contributed by atoms with E-state index in [1.165, 1.54) is 69.6 Å². The van der Waals surface area contributed by atoms with Gasteiger partial charge in [0.2, 0.25) is 35.4 Å². The van der Waals surface area contributed by atoms with Crippen LogP contribution in [-0.2, 0) is 65.5 Å². The molecule has 0 spiro atoms. The molecule has 2 fully saturated rings. The molecule has 22 nitrogen and oxygen atoms in total. The van der Waals surface area contributed by atoms with Crippen LogP contribution in [0.5, 0.6) is 0 Å². The van der Waals surface area contributed by atoms with E-state index in [0.717, 1.165) is 26.7 Å². The highest BCUT2D eigenvalue weighted by molar-refractivity contribution is 5.97. The fourth-order valence-corrected chi connectivity index (χ4v) is 10.3. The zero-order valence-corrected chi connectivity index (χ0v) is 53.0. The number of aliphatic hydroxyl groups is 1. The molecule has 3 heterocycles. The molecule has 2 aromatic carbocycles.